The second-order valence-electron chi connectivity index (χ2n) is 7.86. The standard InChI is InChI=1S/C22H35N3O2/c1-3-27-21(26)25-17-7-15-24(16-8-18-25)20-11-13-22(23-2,14-12-20)19-9-5-4-6-10-19/h4-6,9-10,20,23H,3,7-8,11-18H2,1-2H3. The third kappa shape index (κ3) is 4.82. The molecular weight excluding hydrogens is 338 g/mol. The van der Waals surface area contributed by atoms with Gasteiger partial charge in [-0.2, -0.15) is 0 Å². The van der Waals surface area contributed by atoms with Gasteiger partial charge in [0, 0.05) is 37.8 Å². The number of hydrogen-bond acceptors (Lipinski definition) is 4. The molecule has 1 N–H and O–H groups in total. The zero-order chi connectivity index (χ0) is 19.1. The molecule has 0 unspecified atom stereocenters. The van der Waals surface area contributed by atoms with Crippen molar-refractivity contribution in [1.29, 1.82) is 0 Å². The van der Waals surface area contributed by atoms with Crippen LogP contribution in [0.15, 0.2) is 30.3 Å². The monoisotopic (exact) mass is 373 g/mol. The van der Waals surface area contributed by atoms with Crippen LogP contribution < -0.4 is 5.32 Å². The summed E-state index contributed by atoms with van der Waals surface area (Å²) in [7, 11) is 2.10. The van der Waals surface area contributed by atoms with E-state index in [1.807, 2.05) is 11.8 Å². The Morgan fingerprint density at radius 3 is 2.30 bits per heavy atom. The highest BCUT2D eigenvalue weighted by molar-refractivity contribution is 5.67. The van der Waals surface area contributed by atoms with Crippen LogP contribution in [0.1, 0.15) is 51.0 Å². The molecule has 0 bridgehead atoms. The molecule has 1 heterocycles. The lowest BCUT2D eigenvalue weighted by molar-refractivity contribution is 0.0767. The maximum Gasteiger partial charge on any atom is 0.409 e. The van der Waals surface area contributed by atoms with Crippen molar-refractivity contribution >= 4 is 6.09 Å². The molecule has 3 rings (SSSR count). The van der Waals surface area contributed by atoms with Gasteiger partial charge in [0.25, 0.3) is 0 Å². The predicted octanol–water partition coefficient (Wildman–Crippen LogP) is 3.60. The first-order valence-electron chi connectivity index (χ1n) is 10.6. The van der Waals surface area contributed by atoms with Crippen molar-refractivity contribution in [2.45, 2.75) is 57.0 Å². The Balaban J connectivity index is 1.53. The van der Waals surface area contributed by atoms with Crippen molar-refractivity contribution < 1.29 is 9.53 Å². The second kappa shape index (κ2) is 9.56. The first-order valence-corrected chi connectivity index (χ1v) is 10.6. The number of carbonyl (C=O) groups excluding carboxylic acids is 1. The molecule has 5 heteroatoms. The normalized spacial score (nSPS) is 27.6. The highest BCUT2D eigenvalue weighted by atomic mass is 16.6. The van der Waals surface area contributed by atoms with Crippen LogP contribution in [0.5, 0.6) is 0 Å². The van der Waals surface area contributed by atoms with E-state index in [9.17, 15) is 4.79 Å². The van der Waals surface area contributed by atoms with E-state index in [1.54, 1.807) is 0 Å². The van der Waals surface area contributed by atoms with Gasteiger partial charge in [-0.05, 0) is 58.1 Å². The summed E-state index contributed by atoms with van der Waals surface area (Å²) in [5, 5.41) is 3.63. The molecule has 27 heavy (non-hydrogen) atoms. The topological polar surface area (TPSA) is 44.8 Å². The smallest absolute Gasteiger partial charge is 0.409 e. The molecule has 150 valence electrons. The van der Waals surface area contributed by atoms with Gasteiger partial charge in [0.1, 0.15) is 0 Å². The zero-order valence-corrected chi connectivity index (χ0v) is 17.0. The predicted molar refractivity (Wildman–Crippen MR) is 109 cm³/mol. The van der Waals surface area contributed by atoms with E-state index in [-0.39, 0.29) is 11.6 Å². The third-order valence-corrected chi connectivity index (χ3v) is 6.40. The van der Waals surface area contributed by atoms with Crippen molar-refractivity contribution in [2.75, 3.05) is 39.8 Å². The van der Waals surface area contributed by atoms with Gasteiger partial charge < -0.3 is 19.9 Å². The van der Waals surface area contributed by atoms with E-state index in [0.717, 1.165) is 39.0 Å². The Hall–Kier alpha value is -1.59. The lowest BCUT2D eigenvalue weighted by Gasteiger charge is -2.44. The number of carbonyl (C=O) groups is 1. The van der Waals surface area contributed by atoms with Crippen LogP contribution in [-0.2, 0) is 10.3 Å². The molecule has 1 aromatic rings. The summed E-state index contributed by atoms with van der Waals surface area (Å²) in [6, 6.07) is 11.6. The molecule has 2 fully saturated rings. The van der Waals surface area contributed by atoms with Crippen molar-refractivity contribution in [3.05, 3.63) is 35.9 Å². The fourth-order valence-corrected chi connectivity index (χ4v) is 4.82. The van der Waals surface area contributed by atoms with Crippen LogP contribution in [0.3, 0.4) is 0 Å². The number of ether oxygens (including phenoxy) is 1. The van der Waals surface area contributed by atoms with Crippen LogP contribution in [0, 0.1) is 0 Å². The molecule has 0 radical (unpaired) electrons. The van der Waals surface area contributed by atoms with E-state index in [0.29, 0.717) is 12.6 Å². The molecule has 0 spiro atoms. The summed E-state index contributed by atoms with van der Waals surface area (Å²) in [5.41, 5.74) is 1.55. The summed E-state index contributed by atoms with van der Waals surface area (Å²) < 4.78 is 5.16. The van der Waals surface area contributed by atoms with Crippen molar-refractivity contribution in [1.82, 2.24) is 15.1 Å². The highest BCUT2D eigenvalue weighted by Gasteiger charge is 2.37. The average Bonchev–Trinajstić information content (AvgIpc) is 2.69. The summed E-state index contributed by atoms with van der Waals surface area (Å²) in [4.78, 5) is 16.5. The molecule has 1 saturated carbocycles. The first kappa shape index (κ1) is 20.2. The Morgan fingerprint density at radius 1 is 1.11 bits per heavy atom. The number of hydrogen-bond donors (Lipinski definition) is 1. The van der Waals surface area contributed by atoms with Gasteiger partial charge in [0.15, 0.2) is 0 Å². The Bertz CT molecular complexity index is 574. The van der Waals surface area contributed by atoms with E-state index >= 15 is 0 Å². The van der Waals surface area contributed by atoms with Crippen LogP contribution in [0.4, 0.5) is 4.79 Å². The van der Waals surface area contributed by atoms with Gasteiger partial charge in [-0.3, -0.25) is 0 Å². The van der Waals surface area contributed by atoms with Crippen LogP contribution in [0.25, 0.3) is 0 Å². The lowest BCUT2D eigenvalue weighted by atomic mass is 9.74. The second-order valence-corrected chi connectivity index (χ2v) is 7.86. The Morgan fingerprint density at radius 2 is 1.74 bits per heavy atom. The summed E-state index contributed by atoms with van der Waals surface area (Å²) in [6.45, 7) is 6.11. The number of benzene rings is 1. The SMILES string of the molecule is CCOC(=O)N1CCCN(C2CCC(NC)(c3ccccc3)CC2)CCC1. The van der Waals surface area contributed by atoms with Gasteiger partial charge in [0.05, 0.1) is 6.61 Å². The van der Waals surface area contributed by atoms with Gasteiger partial charge in [-0.15, -0.1) is 0 Å². The minimum atomic E-state index is -0.148. The van der Waals surface area contributed by atoms with Crippen molar-refractivity contribution in [3.63, 3.8) is 0 Å². The minimum Gasteiger partial charge on any atom is -0.450 e. The zero-order valence-electron chi connectivity index (χ0n) is 17.0. The molecular formula is C22H35N3O2. The maximum atomic E-state index is 12.0. The molecule has 1 saturated heterocycles. The highest BCUT2D eigenvalue weighted by Crippen LogP contribution is 2.38. The fraction of sp³-hybridized carbons (Fsp3) is 0.682. The number of nitrogens with one attached hydrogen (secondary N) is 1. The summed E-state index contributed by atoms with van der Waals surface area (Å²) >= 11 is 0. The van der Waals surface area contributed by atoms with Gasteiger partial charge >= 0.3 is 6.09 Å². The van der Waals surface area contributed by atoms with E-state index in [2.05, 4.69) is 47.6 Å². The van der Waals surface area contributed by atoms with E-state index < -0.39 is 0 Å². The quantitative estimate of drug-likeness (QED) is 0.876. The minimum absolute atomic E-state index is 0.126. The Kier molecular flexibility index (Phi) is 7.13. The van der Waals surface area contributed by atoms with Crippen LogP contribution >= 0.6 is 0 Å². The molecule has 0 atom stereocenters. The molecule has 1 aliphatic heterocycles. The van der Waals surface area contributed by atoms with Gasteiger partial charge in [-0.1, -0.05) is 30.3 Å². The van der Waals surface area contributed by atoms with Crippen molar-refractivity contribution in [2.24, 2.45) is 0 Å². The fourth-order valence-electron chi connectivity index (χ4n) is 4.82. The molecule has 2 aliphatic rings. The molecule has 0 aromatic heterocycles. The Labute approximate surface area is 164 Å². The lowest BCUT2D eigenvalue weighted by Crippen LogP contribution is -2.49. The molecule has 5 nitrogen and oxygen atoms in total. The first-order chi connectivity index (χ1) is 13.2. The summed E-state index contributed by atoms with van der Waals surface area (Å²) in [5.74, 6) is 0. The third-order valence-electron chi connectivity index (χ3n) is 6.40. The molecule has 1 amide bonds. The van der Waals surface area contributed by atoms with Crippen LogP contribution in [0.2, 0.25) is 0 Å². The number of rotatable bonds is 4. The van der Waals surface area contributed by atoms with Gasteiger partial charge in [0.2, 0.25) is 0 Å². The molecule has 1 aliphatic carbocycles. The van der Waals surface area contributed by atoms with Gasteiger partial charge in [-0.25, -0.2) is 4.79 Å². The largest absolute Gasteiger partial charge is 0.450 e. The average molecular weight is 374 g/mol. The van der Waals surface area contributed by atoms with E-state index in [1.165, 1.54) is 31.2 Å². The number of amides is 1. The number of nitrogens with zero attached hydrogens (tertiary/aromatic N) is 2. The summed E-state index contributed by atoms with van der Waals surface area (Å²) in [6.07, 6.45) is 6.75. The maximum absolute atomic E-state index is 12.0. The van der Waals surface area contributed by atoms with Crippen LogP contribution in [-0.4, -0.2) is 61.8 Å². The molecule has 1 aromatic carbocycles. The van der Waals surface area contributed by atoms with E-state index in [4.69, 9.17) is 4.74 Å². The van der Waals surface area contributed by atoms with Crippen molar-refractivity contribution in [3.8, 4) is 0 Å².